The fourth-order valence-electron chi connectivity index (χ4n) is 6.87. The van der Waals surface area contributed by atoms with Crippen molar-refractivity contribution in [3.8, 4) is 0 Å². The Bertz CT molecular complexity index is 1280. The Morgan fingerprint density at radius 2 is 1.73 bits per heavy atom. The van der Waals surface area contributed by atoms with Crippen molar-refractivity contribution in [2.75, 3.05) is 13.2 Å². The van der Waals surface area contributed by atoms with Crippen molar-refractivity contribution in [1.82, 2.24) is 0 Å². The van der Waals surface area contributed by atoms with Gasteiger partial charge in [-0.1, -0.05) is 83.2 Å². The summed E-state index contributed by atoms with van der Waals surface area (Å²) in [6, 6.07) is 10.0. The van der Waals surface area contributed by atoms with E-state index in [0.29, 0.717) is 31.6 Å². The maximum Gasteiger partial charge on any atom is 0.316 e. The van der Waals surface area contributed by atoms with E-state index in [9.17, 15) is 19.5 Å². The number of ketones is 1. The number of aliphatic imine (C=N–C) groups is 1. The van der Waals surface area contributed by atoms with Gasteiger partial charge in [-0.2, -0.15) is 0 Å². The summed E-state index contributed by atoms with van der Waals surface area (Å²) in [5.41, 5.74) is 0.169. The number of nitrogens with zero attached hydrogens (tertiary/aromatic N) is 1. The van der Waals surface area contributed by atoms with Crippen molar-refractivity contribution >= 4 is 29.4 Å². The zero-order valence-corrected chi connectivity index (χ0v) is 28.5. The van der Waals surface area contributed by atoms with Crippen LogP contribution in [0.15, 0.2) is 53.0 Å². The molecule has 2 bridgehead atoms. The lowest BCUT2D eigenvalue weighted by molar-refractivity contribution is -0.195. The molecule has 8 heteroatoms. The van der Waals surface area contributed by atoms with E-state index in [1.165, 1.54) is 6.92 Å². The third-order valence-electron chi connectivity index (χ3n) is 9.95. The van der Waals surface area contributed by atoms with E-state index < -0.39 is 47.1 Å². The number of carbonyl (C=O) groups is 3. The molecular formula is C37H53NO7. The van der Waals surface area contributed by atoms with E-state index >= 15 is 0 Å². The molecule has 0 spiro atoms. The number of amides is 1. The first-order valence-electron chi connectivity index (χ1n) is 16.3. The van der Waals surface area contributed by atoms with Gasteiger partial charge in [0.2, 0.25) is 5.91 Å². The number of fused-ring (bicyclic) bond motifs is 5. The summed E-state index contributed by atoms with van der Waals surface area (Å²) in [6.07, 6.45) is 5.51. The number of carbonyl (C=O) groups excluding carboxylic acids is 3. The van der Waals surface area contributed by atoms with Crippen LogP contribution in [0.3, 0.4) is 0 Å². The second kappa shape index (κ2) is 15.6. The Balaban J connectivity index is 2.22. The highest BCUT2D eigenvalue weighted by atomic mass is 16.6. The summed E-state index contributed by atoms with van der Waals surface area (Å²) < 4.78 is 19.2. The lowest BCUT2D eigenvalue weighted by Gasteiger charge is -2.45. The van der Waals surface area contributed by atoms with Gasteiger partial charge in [-0.05, 0) is 63.0 Å². The molecule has 0 aliphatic carbocycles. The van der Waals surface area contributed by atoms with Gasteiger partial charge in [-0.3, -0.25) is 14.4 Å². The van der Waals surface area contributed by atoms with Gasteiger partial charge >= 0.3 is 5.97 Å². The summed E-state index contributed by atoms with van der Waals surface area (Å²) in [4.78, 5) is 44.0. The highest BCUT2D eigenvalue weighted by Crippen LogP contribution is 2.40. The van der Waals surface area contributed by atoms with Gasteiger partial charge in [-0.15, -0.1) is 0 Å². The molecule has 1 amide bonds. The Morgan fingerprint density at radius 1 is 1.07 bits per heavy atom. The molecule has 0 saturated carbocycles. The molecule has 2 fully saturated rings. The van der Waals surface area contributed by atoms with Crippen molar-refractivity contribution in [1.29, 1.82) is 0 Å². The van der Waals surface area contributed by atoms with Crippen molar-refractivity contribution < 1.29 is 33.7 Å². The molecule has 3 rings (SSSR count). The number of aliphatic hydroxyl groups is 1. The van der Waals surface area contributed by atoms with Crippen LogP contribution in [-0.2, 0) is 28.6 Å². The summed E-state index contributed by atoms with van der Waals surface area (Å²) in [7, 11) is 0. The van der Waals surface area contributed by atoms with E-state index in [1.807, 2.05) is 90.1 Å². The maximum absolute atomic E-state index is 13.7. The van der Waals surface area contributed by atoms with Crippen molar-refractivity contribution in [3.63, 3.8) is 0 Å². The summed E-state index contributed by atoms with van der Waals surface area (Å²) in [5, 5.41) is 12.1. The molecule has 248 valence electrons. The molecule has 2 aliphatic rings. The van der Waals surface area contributed by atoms with Crippen molar-refractivity contribution in [2.45, 2.75) is 105 Å². The minimum Gasteiger partial charge on any atom is -0.459 e. The smallest absolute Gasteiger partial charge is 0.316 e. The highest BCUT2D eigenvalue weighted by Gasteiger charge is 2.49. The predicted molar refractivity (Wildman–Crippen MR) is 177 cm³/mol. The molecule has 45 heavy (non-hydrogen) atoms. The molecule has 1 N–H and O–H groups in total. The molecule has 2 aliphatic heterocycles. The summed E-state index contributed by atoms with van der Waals surface area (Å²) in [5.74, 6) is -3.87. The summed E-state index contributed by atoms with van der Waals surface area (Å²) in [6.45, 7) is 16.7. The van der Waals surface area contributed by atoms with Gasteiger partial charge in [0.25, 0.3) is 0 Å². The molecule has 2 heterocycles. The standard InChI is InChI=1S/C37H53NO7/c1-10-31-37(9,42)34-25(4)32(38-28(7)39)23(2)21-36(8,27(6)24(3)33(40)26(5)35(41)45-31)44-22-30(19-20-43-34)18-14-17-29-15-12-11-13-16-29/h11-18,23-27,31,34,42H,10,19-22H2,1-9H3/b17-14+,30-18+,38-32+/t23-,24-,25+,26-,27-,31-,34-,36-,37-/m1/s1. The normalized spacial score (nSPS) is 37.9. The zero-order valence-electron chi connectivity index (χ0n) is 28.5. The number of cyclic esters (lactones) is 1. The minimum absolute atomic E-state index is 0.242. The molecule has 1 aromatic rings. The average molecular weight is 624 g/mol. The van der Waals surface area contributed by atoms with Gasteiger partial charge < -0.3 is 19.3 Å². The van der Waals surface area contributed by atoms with Crippen LogP contribution in [0.2, 0.25) is 0 Å². The molecule has 0 unspecified atom stereocenters. The van der Waals surface area contributed by atoms with E-state index in [1.54, 1.807) is 13.8 Å². The van der Waals surface area contributed by atoms with Crippen LogP contribution in [-0.4, -0.2) is 65.1 Å². The number of Topliss-reactive ketones (excluding diaryl/α,β-unsaturated/α-hetero) is 1. The minimum atomic E-state index is -1.66. The predicted octanol–water partition coefficient (Wildman–Crippen LogP) is 6.40. The number of hydrogen-bond acceptors (Lipinski definition) is 7. The third-order valence-corrected chi connectivity index (χ3v) is 9.95. The van der Waals surface area contributed by atoms with Gasteiger partial charge in [0.15, 0.2) is 0 Å². The largest absolute Gasteiger partial charge is 0.459 e. The van der Waals surface area contributed by atoms with E-state index in [4.69, 9.17) is 14.2 Å². The first-order chi connectivity index (χ1) is 21.1. The lowest BCUT2D eigenvalue weighted by Crippen LogP contribution is -2.57. The number of esters is 1. The quantitative estimate of drug-likeness (QED) is 0.306. The number of benzene rings is 1. The van der Waals surface area contributed by atoms with Gasteiger partial charge in [-0.25, -0.2) is 4.99 Å². The van der Waals surface area contributed by atoms with Gasteiger partial charge in [0.05, 0.1) is 24.9 Å². The lowest BCUT2D eigenvalue weighted by atomic mass is 9.70. The van der Waals surface area contributed by atoms with Crippen LogP contribution in [0.4, 0.5) is 0 Å². The van der Waals surface area contributed by atoms with Crippen LogP contribution in [0.5, 0.6) is 0 Å². The van der Waals surface area contributed by atoms with E-state index in [2.05, 4.69) is 4.99 Å². The molecule has 0 aromatic heterocycles. The van der Waals surface area contributed by atoms with Gasteiger partial charge in [0, 0.05) is 24.5 Å². The van der Waals surface area contributed by atoms with Crippen LogP contribution >= 0.6 is 0 Å². The maximum atomic E-state index is 13.7. The third kappa shape index (κ3) is 8.87. The molecule has 2 saturated heterocycles. The fraction of sp³-hybridized carbons (Fsp3) is 0.622. The Labute approximate surface area is 269 Å². The highest BCUT2D eigenvalue weighted by molar-refractivity contribution is 6.00. The molecule has 0 radical (unpaired) electrons. The molecule has 8 nitrogen and oxygen atoms in total. The number of allylic oxidation sites excluding steroid dienone is 2. The fourth-order valence-corrected chi connectivity index (χ4v) is 6.87. The average Bonchev–Trinajstić information content (AvgIpc) is 3.00. The number of rotatable bonds is 3. The van der Waals surface area contributed by atoms with Crippen LogP contribution in [0.25, 0.3) is 6.08 Å². The van der Waals surface area contributed by atoms with Crippen LogP contribution < -0.4 is 0 Å². The number of hydrogen-bond donors (Lipinski definition) is 1. The SMILES string of the molecule is CC[C@H]1OC(=O)[C@H](C)C(=O)[C@H](C)[C@@H](C)[C@@]2(C)C[C@@H](C)/C(=N\C(C)=O)[C@H](C)[C@@H](OCC/C(=C\C=C\c3ccccc3)CO2)[C@]1(C)O. The van der Waals surface area contributed by atoms with E-state index in [0.717, 1.165) is 11.1 Å². The summed E-state index contributed by atoms with van der Waals surface area (Å²) >= 11 is 0. The zero-order chi connectivity index (χ0) is 33.5. The van der Waals surface area contributed by atoms with E-state index in [-0.39, 0.29) is 30.1 Å². The molecular weight excluding hydrogens is 570 g/mol. The number of ether oxygens (including phenoxy) is 3. The van der Waals surface area contributed by atoms with Crippen LogP contribution in [0, 0.1) is 29.6 Å². The van der Waals surface area contributed by atoms with Crippen LogP contribution in [0.1, 0.15) is 87.1 Å². The Kier molecular flexibility index (Phi) is 12.6. The second-order valence-electron chi connectivity index (χ2n) is 13.4. The Morgan fingerprint density at radius 3 is 2.36 bits per heavy atom. The molecule has 9 atom stereocenters. The van der Waals surface area contributed by atoms with Gasteiger partial charge in [0.1, 0.15) is 23.4 Å². The monoisotopic (exact) mass is 623 g/mol. The second-order valence-corrected chi connectivity index (χ2v) is 13.4. The Hall–Kier alpha value is -2.94. The first-order valence-corrected chi connectivity index (χ1v) is 16.3. The molecule has 1 aromatic carbocycles. The van der Waals surface area contributed by atoms with Crippen molar-refractivity contribution in [3.05, 3.63) is 53.6 Å². The first kappa shape index (κ1) is 36.5. The van der Waals surface area contributed by atoms with Crippen molar-refractivity contribution in [2.24, 2.45) is 34.6 Å². The topological polar surface area (TPSA) is 111 Å².